The van der Waals surface area contributed by atoms with Crippen molar-refractivity contribution in [2.24, 2.45) is 11.8 Å². The zero-order chi connectivity index (χ0) is 19.2. The summed E-state index contributed by atoms with van der Waals surface area (Å²) in [6.07, 6.45) is 5.37. The second-order valence-corrected chi connectivity index (χ2v) is 8.75. The average Bonchev–Trinajstić information content (AvgIpc) is 2.57. The van der Waals surface area contributed by atoms with Crippen molar-refractivity contribution in [3.8, 4) is 0 Å². The van der Waals surface area contributed by atoms with Crippen LogP contribution in [0.25, 0.3) is 0 Å². The molecule has 1 saturated carbocycles. The lowest BCUT2D eigenvalue weighted by Gasteiger charge is -2.28. The molecular formula is C19H28BrN3O3. The van der Waals surface area contributed by atoms with Crippen LogP contribution in [0.5, 0.6) is 0 Å². The maximum Gasteiger partial charge on any atom is 0.407 e. The highest BCUT2D eigenvalue weighted by Gasteiger charge is 2.23. The Morgan fingerprint density at radius 2 is 1.88 bits per heavy atom. The number of nitrogens with zero attached hydrogens (tertiary/aromatic N) is 1. The molecule has 0 radical (unpaired) electrons. The number of hydrogen-bond acceptors (Lipinski definition) is 4. The number of aromatic nitrogens is 1. The van der Waals surface area contributed by atoms with Gasteiger partial charge in [-0.2, -0.15) is 0 Å². The number of nitrogens with one attached hydrogen (secondary N) is 2. The van der Waals surface area contributed by atoms with Crippen LogP contribution >= 0.6 is 15.9 Å². The lowest BCUT2D eigenvalue weighted by molar-refractivity contribution is 0.0915. The van der Waals surface area contributed by atoms with Crippen molar-refractivity contribution in [3.63, 3.8) is 0 Å². The Balaban J connectivity index is 1.65. The summed E-state index contributed by atoms with van der Waals surface area (Å²) >= 11 is 3.27. The summed E-state index contributed by atoms with van der Waals surface area (Å²) in [7, 11) is 0. The molecule has 0 spiro atoms. The normalized spacial score (nSPS) is 20.3. The first-order chi connectivity index (χ1) is 12.2. The van der Waals surface area contributed by atoms with Crippen LogP contribution in [0.3, 0.4) is 0 Å². The largest absolute Gasteiger partial charge is 0.449 e. The van der Waals surface area contributed by atoms with Crippen molar-refractivity contribution in [2.45, 2.75) is 52.0 Å². The first kappa shape index (κ1) is 20.7. The van der Waals surface area contributed by atoms with Crippen LogP contribution in [0.1, 0.15) is 56.8 Å². The van der Waals surface area contributed by atoms with Crippen LogP contribution in [-0.2, 0) is 4.74 Å². The van der Waals surface area contributed by atoms with E-state index in [9.17, 15) is 9.59 Å². The van der Waals surface area contributed by atoms with E-state index in [4.69, 9.17) is 4.74 Å². The molecule has 0 atom stereocenters. The van der Waals surface area contributed by atoms with Crippen molar-refractivity contribution in [1.29, 1.82) is 0 Å². The molecule has 0 aliphatic heterocycles. The number of alkyl carbamates (subject to hydrolysis) is 1. The van der Waals surface area contributed by atoms with Crippen LogP contribution in [0.2, 0.25) is 0 Å². The van der Waals surface area contributed by atoms with Gasteiger partial charge in [-0.25, -0.2) is 9.78 Å². The third-order valence-electron chi connectivity index (χ3n) is 4.43. The van der Waals surface area contributed by atoms with Crippen LogP contribution in [0.4, 0.5) is 4.79 Å². The van der Waals surface area contributed by atoms with E-state index >= 15 is 0 Å². The van der Waals surface area contributed by atoms with E-state index in [1.54, 1.807) is 18.3 Å². The Kier molecular flexibility index (Phi) is 7.43. The van der Waals surface area contributed by atoms with Gasteiger partial charge in [-0.15, -0.1) is 0 Å². The zero-order valence-corrected chi connectivity index (χ0v) is 17.3. The highest BCUT2D eigenvalue weighted by Crippen LogP contribution is 2.28. The minimum atomic E-state index is -0.351. The molecule has 1 heterocycles. The minimum absolute atomic E-state index is 0.0718. The maximum atomic E-state index is 12.2. The topological polar surface area (TPSA) is 80.3 Å². The number of carbonyl (C=O) groups excluding carboxylic acids is 2. The van der Waals surface area contributed by atoms with Crippen molar-refractivity contribution in [1.82, 2.24) is 15.6 Å². The predicted octanol–water partition coefficient (Wildman–Crippen LogP) is 3.91. The molecule has 0 saturated heterocycles. The van der Waals surface area contributed by atoms with Gasteiger partial charge in [-0.05, 0) is 86.4 Å². The van der Waals surface area contributed by atoms with Crippen molar-refractivity contribution < 1.29 is 14.3 Å². The Morgan fingerprint density at radius 1 is 1.23 bits per heavy atom. The van der Waals surface area contributed by atoms with Crippen LogP contribution in [-0.4, -0.2) is 35.7 Å². The van der Waals surface area contributed by atoms with Crippen LogP contribution < -0.4 is 10.6 Å². The molecule has 144 valence electrons. The molecule has 6 nitrogen and oxygen atoms in total. The van der Waals surface area contributed by atoms with Gasteiger partial charge in [0.25, 0.3) is 5.91 Å². The van der Waals surface area contributed by atoms with Gasteiger partial charge in [-0.1, -0.05) is 0 Å². The Hall–Kier alpha value is -1.63. The molecular weight excluding hydrogens is 398 g/mol. The SMILES string of the molecule is CC(C)(C)NC(=O)OCC1CCC(CNC(=O)c2ccnc(Br)c2)CC1. The zero-order valence-electron chi connectivity index (χ0n) is 15.7. The molecule has 2 N–H and O–H groups in total. The van der Waals surface area contributed by atoms with E-state index in [0.29, 0.717) is 35.2 Å². The van der Waals surface area contributed by atoms with E-state index in [1.807, 2.05) is 20.8 Å². The molecule has 0 aromatic carbocycles. The van der Waals surface area contributed by atoms with Gasteiger partial charge < -0.3 is 15.4 Å². The molecule has 1 aliphatic rings. The average molecular weight is 426 g/mol. The standard InChI is InChI=1S/C19H28BrN3O3/c1-19(2,3)23-18(25)26-12-14-6-4-13(5-7-14)11-22-17(24)15-8-9-21-16(20)10-15/h8-10,13-14H,4-7,11-12H2,1-3H3,(H,22,24)(H,23,25). The fourth-order valence-electron chi connectivity index (χ4n) is 3.02. The molecule has 1 fully saturated rings. The van der Waals surface area contributed by atoms with E-state index in [-0.39, 0.29) is 17.5 Å². The van der Waals surface area contributed by atoms with Crippen LogP contribution in [0.15, 0.2) is 22.9 Å². The monoisotopic (exact) mass is 425 g/mol. The highest BCUT2D eigenvalue weighted by molar-refractivity contribution is 9.10. The van der Waals surface area contributed by atoms with Gasteiger partial charge in [0.1, 0.15) is 4.60 Å². The van der Waals surface area contributed by atoms with Crippen LogP contribution in [0, 0.1) is 11.8 Å². The van der Waals surface area contributed by atoms with E-state index in [0.717, 1.165) is 25.7 Å². The molecule has 0 bridgehead atoms. The first-order valence-electron chi connectivity index (χ1n) is 9.07. The first-order valence-corrected chi connectivity index (χ1v) is 9.87. The molecule has 1 aromatic rings. The van der Waals surface area contributed by atoms with Crippen molar-refractivity contribution in [3.05, 3.63) is 28.5 Å². The number of ether oxygens (including phenoxy) is 1. The summed E-state index contributed by atoms with van der Waals surface area (Å²) < 4.78 is 5.98. The van der Waals surface area contributed by atoms with Gasteiger partial charge in [0.2, 0.25) is 0 Å². The summed E-state index contributed by atoms with van der Waals surface area (Å²) in [5, 5.41) is 5.81. The quantitative estimate of drug-likeness (QED) is 0.700. The molecule has 2 amide bonds. The lowest BCUT2D eigenvalue weighted by atomic mass is 9.82. The minimum Gasteiger partial charge on any atom is -0.449 e. The molecule has 2 rings (SSSR count). The second-order valence-electron chi connectivity index (χ2n) is 7.94. The number of halogens is 1. The van der Waals surface area contributed by atoms with Crippen molar-refractivity contribution in [2.75, 3.05) is 13.2 Å². The van der Waals surface area contributed by atoms with Gasteiger partial charge in [-0.3, -0.25) is 4.79 Å². The number of amides is 2. The molecule has 7 heteroatoms. The third kappa shape index (κ3) is 7.32. The van der Waals surface area contributed by atoms with E-state index < -0.39 is 0 Å². The van der Waals surface area contributed by atoms with E-state index in [1.165, 1.54) is 0 Å². The maximum absolute atomic E-state index is 12.2. The highest BCUT2D eigenvalue weighted by atomic mass is 79.9. The Bertz CT molecular complexity index is 623. The second kappa shape index (κ2) is 9.35. The number of rotatable bonds is 5. The van der Waals surface area contributed by atoms with Crippen molar-refractivity contribution >= 4 is 27.9 Å². The Labute approximate surface area is 163 Å². The molecule has 1 aliphatic carbocycles. The lowest BCUT2D eigenvalue weighted by Crippen LogP contribution is -2.41. The van der Waals surface area contributed by atoms with Gasteiger partial charge >= 0.3 is 6.09 Å². The smallest absolute Gasteiger partial charge is 0.407 e. The summed E-state index contributed by atoms with van der Waals surface area (Å²) in [6, 6.07) is 3.42. The summed E-state index contributed by atoms with van der Waals surface area (Å²) in [6.45, 7) is 6.93. The summed E-state index contributed by atoms with van der Waals surface area (Å²) in [4.78, 5) is 27.9. The third-order valence-corrected chi connectivity index (χ3v) is 4.87. The Morgan fingerprint density at radius 3 is 2.50 bits per heavy atom. The molecule has 1 aromatic heterocycles. The van der Waals surface area contributed by atoms with Gasteiger partial charge in [0.05, 0.1) is 6.61 Å². The predicted molar refractivity (Wildman–Crippen MR) is 104 cm³/mol. The summed E-state index contributed by atoms with van der Waals surface area (Å²) in [5.41, 5.74) is 0.330. The van der Waals surface area contributed by atoms with Gasteiger partial charge in [0.15, 0.2) is 0 Å². The van der Waals surface area contributed by atoms with Gasteiger partial charge in [0, 0.05) is 23.8 Å². The van der Waals surface area contributed by atoms with E-state index in [2.05, 4.69) is 31.5 Å². The molecule has 0 unspecified atom stereocenters. The fraction of sp³-hybridized carbons (Fsp3) is 0.632. The number of hydrogen-bond donors (Lipinski definition) is 2. The number of pyridine rings is 1. The fourth-order valence-corrected chi connectivity index (χ4v) is 3.39. The summed E-state index contributed by atoms with van der Waals surface area (Å²) in [5.74, 6) is 0.810. The number of carbonyl (C=O) groups is 2. The molecule has 26 heavy (non-hydrogen) atoms.